The number of carbonyl (C=O) groups excluding carboxylic acids is 1. The van der Waals surface area contributed by atoms with E-state index in [4.69, 9.17) is 21.4 Å². The topological polar surface area (TPSA) is 75.6 Å². The molecule has 1 aliphatic carbocycles. The van der Waals surface area contributed by atoms with Gasteiger partial charge in [-0.15, -0.1) is 0 Å². The summed E-state index contributed by atoms with van der Waals surface area (Å²) in [6.45, 7) is 0. The molecule has 7 heteroatoms. The van der Waals surface area contributed by atoms with Gasteiger partial charge in [0.1, 0.15) is 5.75 Å². The molecule has 0 heterocycles. The Balaban J connectivity index is 2.11. The predicted octanol–water partition coefficient (Wildman–Crippen LogP) is 2.77. The monoisotopic (exact) mass is 347 g/mol. The first kappa shape index (κ1) is 14.1. The molecule has 0 aliphatic heterocycles. The summed E-state index contributed by atoms with van der Waals surface area (Å²) < 4.78 is 5.78. The van der Waals surface area contributed by atoms with Crippen molar-refractivity contribution >= 4 is 45.1 Å². The number of anilines is 1. The molecular formula is C12H11BrClNO4. The highest BCUT2D eigenvalue weighted by atomic mass is 79.9. The molecule has 0 saturated heterocycles. The quantitative estimate of drug-likeness (QED) is 0.877. The number of benzene rings is 1. The van der Waals surface area contributed by atoms with Gasteiger partial charge in [-0.2, -0.15) is 0 Å². The van der Waals surface area contributed by atoms with E-state index in [9.17, 15) is 9.59 Å². The first-order chi connectivity index (χ1) is 8.93. The molecule has 1 aromatic rings. The normalized spacial score (nSPS) is 20.8. The summed E-state index contributed by atoms with van der Waals surface area (Å²) in [6, 6.07) is 3.19. The van der Waals surface area contributed by atoms with Gasteiger partial charge in [-0.05, 0) is 28.4 Å². The lowest BCUT2D eigenvalue weighted by molar-refractivity contribution is -0.139. The zero-order valence-corrected chi connectivity index (χ0v) is 12.3. The molecule has 0 aromatic heterocycles. The molecule has 1 aromatic carbocycles. The maximum absolute atomic E-state index is 11.8. The molecule has 2 rings (SSSR count). The van der Waals surface area contributed by atoms with E-state index in [1.165, 1.54) is 7.11 Å². The minimum absolute atomic E-state index is 0.335. The third-order valence-electron chi connectivity index (χ3n) is 2.94. The number of methoxy groups -OCH3 is 1. The lowest BCUT2D eigenvalue weighted by atomic mass is 10.2. The summed E-state index contributed by atoms with van der Waals surface area (Å²) in [7, 11) is 1.50. The highest BCUT2D eigenvalue weighted by Gasteiger charge is 2.48. The highest BCUT2D eigenvalue weighted by Crippen LogP contribution is 2.41. The average Bonchev–Trinajstić information content (AvgIpc) is 3.12. The van der Waals surface area contributed by atoms with E-state index in [0.29, 0.717) is 27.4 Å². The zero-order chi connectivity index (χ0) is 14.2. The van der Waals surface area contributed by atoms with Crippen LogP contribution < -0.4 is 10.1 Å². The summed E-state index contributed by atoms with van der Waals surface area (Å²) in [5, 5.41) is 11.8. The van der Waals surface area contributed by atoms with Crippen molar-refractivity contribution in [3.05, 3.63) is 21.6 Å². The second kappa shape index (κ2) is 5.38. The number of carboxylic acid groups (broad SMARTS) is 1. The van der Waals surface area contributed by atoms with Gasteiger partial charge in [-0.3, -0.25) is 9.59 Å². The van der Waals surface area contributed by atoms with Crippen LogP contribution in [0.2, 0.25) is 5.02 Å². The third-order valence-corrected chi connectivity index (χ3v) is 3.88. The molecule has 2 N–H and O–H groups in total. The molecule has 5 nitrogen and oxygen atoms in total. The molecule has 1 saturated carbocycles. The van der Waals surface area contributed by atoms with Gasteiger partial charge in [0.15, 0.2) is 0 Å². The summed E-state index contributed by atoms with van der Waals surface area (Å²) in [5.41, 5.74) is 0.405. The van der Waals surface area contributed by atoms with Crippen molar-refractivity contribution in [2.24, 2.45) is 11.8 Å². The Morgan fingerprint density at radius 2 is 2.16 bits per heavy atom. The van der Waals surface area contributed by atoms with E-state index in [0.717, 1.165) is 0 Å². The van der Waals surface area contributed by atoms with Crippen LogP contribution in [0.15, 0.2) is 16.6 Å². The lowest BCUT2D eigenvalue weighted by Crippen LogP contribution is -2.17. The summed E-state index contributed by atoms with van der Waals surface area (Å²) in [5.74, 6) is -1.82. The number of ether oxygens (including phenoxy) is 1. The number of carbonyl (C=O) groups is 2. The molecule has 0 bridgehead atoms. The Morgan fingerprint density at radius 3 is 2.68 bits per heavy atom. The van der Waals surface area contributed by atoms with Gasteiger partial charge in [0, 0.05) is 6.07 Å². The largest absolute Gasteiger partial charge is 0.495 e. The van der Waals surface area contributed by atoms with Crippen LogP contribution in [0.1, 0.15) is 6.42 Å². The van der Waals surface area contributed by atoms with E-state index < -0.39 is 17.8 Å². The van der Waals surface area contributed by atoms with Gasteiger partial charge in [-0.25, -0.2) is 0 Å². The maximum atomic E-state index is 11.8. The third kappa shape index (κ3) is 3.01. The zero-order valence-electron chi connectivity index (χ0n) is 9.94. The molecule has 0 spiro atoms. The van der Waals surface area contributed by atoms with Crippen molar-refractivity contribution in [3.63, 3.8) is 0 Å². The number of halogens is 2. The number of carboxylic acids is 1. The Hall–Kier alpha value is -1.27. The molecule has 1 amide bonds. The molecule has 0 unspecified atom stereocenters. The number of nitrogens with one attached hydrogen (secondary N) is 1. The van der Waals surface area contributed by atoms with Crippen LogP contribution >= 0.6 is 27.5 Å². The van der Waals surface area contributed by atoms with Gasteiger partial charge in [0.2, 0.25) is 5.91 Å². The van der Waals surface area contributed by atoms with Gasteiger partial charge in [0.25, 0.3) is 0 Å². The maximum Gasteiger partial charge on any atom is 0.307 e. The van der Waals surface area contributed by atoms with E-state index in [1.54, 1.807) is 12.1 Å². The van der Waals surface area contributed by atoms with Crippen LogP contribution in [0.25, 0.3) is 0 Å². The molecule has 102 valence electrons. The first-order valence-corrected chi connectivity index (χ1v) is 6.68. The Bertz CT molecular complexity index is 549. The number of rotatable bonds is 4. The van der Waals surface area contributed by atoms with Crippen LogP contribution in [0, 0.1) is 11.8 Å². The number of amides is 1. The summed E-state index contributed by atoms with van der Waals surface area (Å²) >= 11 is 9.29. The predicted molar refractivity (Wildman–Crippen MR) is 73.6 cm³/mol. The molecular weight excluding hydrogens is 337 g/mol. The van der Waals surface area contributed by atoms with Gasteiger partial charge < -0.3 is 15.2 Å². The standard InChI is InChI=1S/C12H11BrClNO4/c1-19-10-4-9(8(14)3-7(10)13)15-11(16)5-2-6(5)12(17)18/h3-6H,2H2,1H3,(H,15,16)(H,17,18)/t5-,6-/m1/s1. The highest BCUT2D eigenvalue weighted by molar-refractivity contribution is 9.10. The van der Waals surface area contributed by atoms with Crippen LogP contribution in [0.3, 0.4) is 0 Å². The van der Waals surface area contributed by atoms with Crippen molar-refractivity contribution in [1.29, 1.82) is 0 Å². The molecule has 1 aliphatic rings. The smallest absolute Gasteiger partial charge is 0.307 e. The number of hydrogen-bond acceptors (Lipinski definition) is 3. The Kier molecular flexibility index (Phi) is 4.01. The van der Waals surface area contributed by atoms with E-state index in [2.05, 4.69) is 21.2 Å². The molecule has 1 fully saturated rings. The van der Waals surface area contributed by atoms with E-state index >= 15 is 0 Å². The second-order valence-corrected chi connectivity index (χ2v) is 5.50. The van der Waals surface area contributed by atoms with Crippen molar-refractivity contribution in [1.82, 2.24) is 0 Å². The van der Waals surface area contributed by atoms with Crippen molar-refractivity contribution in [3.8, 4) is 5.75 Å². The average molecular weight is 349 g/mol. The van der Waals surface area contributed by atoms with Crippen LogP contribution in [0.4, 0.5) is 5.69 Å². The lowest BCUT2D eigenvalue weighted by Gasteiger charge is -2.10. The second-order valence-electron chi connectivity index (χ2n) is 4.24. The molecule has 0 radical (unpaired) electrons. The SMILES string of the molecule is COc1cc(NC(=O)[C@@H]2C[C@H]2C(=O)O)c(Cl)cc1Br. The van der Waals surface area contributed by atoms with Gasteiger partial charge >= 0.3 is 5.97 Å². The van der Waals surface area contributed by atoms with Crippen molar-refractivity contribution in [2.75, 3.05) is 12.4 Å². The summed E-state index contributed by atoms with van der Waals surface area (Å²) in [4.78, 5) is 22.5. The fourth-order valence-electron chi connectivity index (χ4n) is 1.76. The van der Waals surface area contributed by atoms with Crippen LogP contribution in [0.5, 0.6) is 5.75 Å². The fraction of sp³-hybridized carbons (Fsp3) is 0.333. The number of hydrogen-bond donors (Lipinski definition) is 2. The van der Waals surface area contributed by atoms with Gasteiger partial charge in [-0.1, -0.05) is 11.6 Å². The number of aliphatic carboxylic acids is 1. The van der Waals surface area contributed by atoms with Crippen molar-refractivity contribution in [2.45, 2.75) is 6.42 Å². The fourth-order valence-corrected chi connectivity index (χ4v) is 2.61. The Labute approximate surface area is 123 Å². The minimum Gasteiger partial charge on any atom is -0.495 e. The van der Waals surface area contributed by atoms with E-state index in [1.807, 2.05) is 0 Å². The van der Waals surface area contributed by atoms with E-state index in [-0.39, 0.29) is 5.91 Å². The molecule has 19 heavy (non-hydrogen) atoms. The molecule has 2 atom stereocenters. The van der Waals surface area contributed by atoms with Crippen molar-refractivity contribution < 1.29 is 19.4 Å². The minimum atomic E-state index is -0.945. The Morgan fingerprint density at radius 1 is 1.47 bits per heavy atom. The summed E-state index contributed by atoms with van der Waals surface area (Å²) in [6.07, 6.45) is 0.368. The van der Waals surface area contributed by atoms with Gasteiger partial charge in [0.05, 0.1) is 34.1 Å². The van der Waals surface area contributed by atoms with Crippen LogP contribution in [-0.2, 0) is 9.59 Å². The first-order valence-electron chi connectivity index (χ1n) is 5.50. The van der Waals surface area contributed by atoms with Crippen LogP contribution in [-0.4, -0.2) is 24.1 Å².